The smallest absolute Gasteiger partial charge is 0.119 e. The van der Waals surface area contributed by atoms with Gasteiger partial charge in [-0.15, -0.1) is 11.8 Å². The van der Waals surface area contributed by atoms with Crippen molar-refractivity contribution in [3.63, 3.8) is 0 Å². The summed E-state index contributed by atoms with van der Waals surface area (Å²) in [5.41, 5.74) is 4.69. The maximum absolute atomic E-state index is 6.28. The molecule has 0 saturated carbocycles. The van der Waals surface area contributed by atoms with Crippen LogP contribution in [0.15, 0.2) is 47.4 Å². The molecule has 2 bridgehead atoms. The standard InChI is InChI=1S/C36H56N3OS/c1-5-7-17-36(18-8-6-2)28-34(33-27-31(37(3)4)13-16-35(33)41-29-36)30-11-14-32(15-12-30)40-26-10-9-22-39-23-19-38(20-24-39)21-25-39/h11-16,27,34H,5-10,17-26,28-29H2,1-4H3/q+1/t34-/m1/s1. The molecule has 4 nitrogen and oxygen atoms in total. The highest BCUT2D eigenvalue weighted by Crippen LogP contribution is 2.51. The number of ether oxygens (including phenoxy) is 1. The van der Waals surface area contributed by atoms with Crippen LogP contribution in [-0.4, -0.2) is 81.7 Å². The van der Waals surface area contributed by atoms with E-state index in [2.05, 4.69) is 92.0 Å². The lowest BCUT2D eigenvalue weighted by molar-refractivity contribution is -0.941. The third-order valence-electron chi connectivity index (χ3n) is 10.4. The summed E-state index contributed by atoms with van der Waals surface area (Å²) in [6.07, 6.45) is 11.6. The Kier molecular flexibility index (Phi) is 10.6. The monoisotopic (exact) mass is 578 g/mol. The van der Waals surface area contributed by atoms with Gasteiger partial charge < -0.3 is 14.1 Å². The van der Waals surface area contributed by atoms with E-state index in [1.165, 1.54) is 129 Å². The lowest BCUT2D eigenvalue weighted by Gasteiger charge is -2.50. The van der Waals surface area contributed by atoms with Gasteiger partial charge >= 0.3 is 0 Å². The fraction of sp³-hybridized carbons (Fsp3) is 0.667. The van der Waals surface area contributed by atoms with Crippen molar-refractivity contribution < 1.29 is 9.22 Å². The van der Waals surface area contributed by atoms with E-state index in [-0.39, 0.29) is 0 Å². The predicted octanol–water partition coefficient (Wildman–Crippen LogP) is 8.05. The van der Waals surface area contributed by atoms with E-state index in [1.807, 2.05) is 0 Å². The second kappa shape index (κ2) is 14.2. The Labute approximate surface area is 255 Å². The van der Waals surface area contributed by atoms with Crippen LogP contribution in [0.25, 0.3) is 0 Å². The molecule has 6 rings (SSSR count). The van der Waals surface area contributed by atoms with Crippen LogP contribution in [0, 0.1) is 5.41 Å². The van der Waals surface area contributed by atoms with Gasteiger partial charge in [0.25, 0.3) is 0 Å². The molecular formula is C36H56N3OS+. The summed E-state index contributed by atoms with van der Waals surface area (Å²) >= 11 is 2.12. The number of unbranched alkanes of at least 4 members (excludes halogenated alkanes) is 3. The zero-order valence-corrected chi connectivity index (χ0v) is 27.3. The van der Waals surface area contributed by atoms with Gasteiger partial charge in [0.1, 0.15) is 5.75 Å². The van der Waals surface area contributed by atoms with Gasteiger partial charge in [-0.05, 0) is 79.0 Å². The van der Waals surface area contributed by atoms with Crippen LogP contribution in [-0.2, 0) is 0 Å². The largest absolute Gasteiger partial charge is 0.494 e. The summed E-state index contributed by atoms with van der Waals surface area (Å²) in [5, 5.41) is 0. The first-order valence-electron chi connectivity index (χ1n) is 16.7. The molecule has 3 saturated heterocycles. The summed E-state index contributed by atoms with van der Waals surface area (Å²) < 4.78 is 7.64. The van der Waals surface area contributed by atoms with E-state index in [0.717, 1.165) is 18.8 Å². The second-order valence-electron chi connectivity index (χ2n) is 13.6. The number of hydrogen-bond donors (Lipinski definition) is 0. The maximum atomic E-state index is 6.28. The van der Waals surface area contributed by atoms with Gasteiger partial charge in [0, 0.05) is 56.0 Å². The third-order valence-corrected chi connectivity index (χ3v) is 11.9. The Hall–Kier alpha value is -1.69. The Morgan fingerprint density at radius 1 is 0.902 bits per heavy atom. The number of hydrogen-bond acceptors (Lipinski definition) is 4. The van der Waals surface area contributed by atoms with Gasteiger partial charge in [-0.25, -0.2) is 0 Å². The SMILES string of the molecule is CCCCC1(CCCC)CSc2ccc(N(C)C)cc2[C@@H](c2ccc(OCCCC[N+]34CCN(CC3)CC4)cc2)C1. The molecule has 0 aliphatic carbocycles. The summed E-state index contributed by atoms with van der Waals surface area (Å²) in [5.74, 6) is 2.71. The molecule has 5 heteroatoms. The van der Waals surface area contributed by atoms with Gasteiger partial charge in [0.15, 0.2) is 0 Å². The van der Waals surface area contributed by atoms with Crippen LogP contribution in [0.5, 0.6) is 5.75 Å². The second-order valence-corrected chi connectivity index (χ2v) is 14.6. The first kappa shape index (κ1) is 30.8. The molecule has 4 heterocycles. The highest BCUT2D eigenvalue weighted by atomic mass is 32.2. The Morgan fingerprint density at radius 2 is 1.59 bits per heavy atom. The summed E-state index contributed by atoms with van der Waals surface area (Å²) in [6, 6.07) is 16.4. The number of fused-ring (bicyclic) bond motifs is 4. The summed E-state index contributed by atoms with van der Waals surface area (Å²) in [7, 11) is 4.33. The van der Waals surface area contributed by atoms with E-state index < -0.39 is 0 Å². The molecule has 1 atom stereocenters. The molecule has 226 valence electrons. The average Bonchev–Trinajstić information content (AvgIpc) is 3.17. The zero-order valence-electron chi connectivity index (χ0n) is 26.5. The number of benzene rings is 2. The Balaban J connectivity index is 1.27. The van der Waals surface area contributed by atoms with Crippen molar-refractivity contribution in [2.45, 2.75) is 82.4 Å². The van der Waals surface area contributed by atoms with Crippen molar-refractivity contribution in [1.82, 2.24) is 4.90 Å². The minimum absolute atomic E-state index is 0.404. The van der Waals surface area contributed by atoms with E-state index in [1.54, 1.807) is 0 Å². The summed E-state index contributed by atoms with van der Waals surface area (Å²) in [6.45, 7) is 14.9. The molecule has 0 spiro atoms. The first-order valence-corrected chi connectivity index (χ1v) is 17.7. The molecule has 0 unspecified atom stereocenters. The average molecular weight is 579 g/mol. The fourth-order valence-electron chi connectivity index (χ4n) is 7.53. The molecule has 0 N–H and O–H groups in total. The maximum Gasteiger partial charge on any atom is 0.119 e. The van der Waals surface area contributed by atoms with Crippen molar-refractivity contribution >= 4 is 17.4 Å². The molecule has 0 radical (unpaired) electrons. The fourth-order valence-corrected chi connectivity index (χ4v) is 8.93. The quantitative estimate of drug-likeness (QED) is 0.166. The predicted molar refractivity (Wildman–Crippen MR) is 177 cm³/mol. The Morgan fingerprint density at radius 3 is 2.22 bits per heavy atom. The molecule has 41 heavy (non-hydrogen) atoms. The van der Waals surface area contributed by atoms with Crippen LogP contribution in [0.1, 0.15) is 88.7 Å². The van der Waals surface area contributed by atoms with Crippen LogP contribution < -0.4 is 9.64 Å². The highest BCUT2D eigenvalue weighted by molar-refractivity contribution is 7.99. The van der Waals surface area contributed by atoms with E-state index >= 15 is 0 Å². The van der Waals surface area contributed by atoms with Gasteiger partial charge in [-0.1, -0.05) is 51.7 Å². The molecule has 2 aromatic carbocycles. The minimum atomic E-state index is 0.404. The molecule has 4 aliphatic rings. The van der Waals surface area contributed by atoms with E-state index in [9.17, 15) is 0 Å². The molecule has 4 aliphatic heterocycles. The lowest BCUT2D eigenvalue weighted by atomic mass is 9.70. The van der Waals surface area contributed by atoms with Crippen molar-refractivity contribution in [1.29, 1.82) is 0 Å². The van der Waals surface area contributed by atoms with Gasteiger partial charge in [-0.3, -0.25) is 4.90 Å². The first-order chi connectivity index (χ1) is 19.9. The van der Waals surface area contributed by atoms with Crippen LogP contribution >= 0.6 is 11.8 Å². The van der Waals surface area contributed by atoms with Crippen LogP contribution in [0.4, 0.5) is 5.69 Å². The molecule has 2 aromatic rings. The number of thioether (sulfide) groups is 1. The van der Waals surface area contributed by atoms with E-state index in [4.69, 9.17) is 4.74 Å². The van der Waals surface area contributed by atoms with Crippen molar-refractivity contribution in [2.24, 2.45) is 5.41 Å². The van der Waals surface area contributed by atoms with E-state index in [0.29, 0.717) is 11.3 Å². The Bertz CT molecular complexity index is 1070. The van der Waals surface area contributed by atoms with Gasteiger partial charge in [0.2, 0.25) is 0 Å². The zero-order chi connectivity index (χ0) is 28.7. The van der Waals surface area contributed by atoms with Crippen LogP contribution in [0.2, 0.25) is 0 Å². The number of anilines is 1. The number of quaternary nitrogens is 1. The number of nitrogens with zero attached hydrogens (tertiary/aromatic N) is 3. The molecule has 3 fully saturated rings. The van der Waals surface area contributed by atoms with Gasteiger partial charge in [0.05, 0.1) is 32.8 Å². The van der Waals surface area contributed by atoms with Crippen LogP contribution in [0.3, 0.4) is 0 Å². The lowest BCUT2D eigenvalue weighted by Crippen LogP contribution is -2.67. The third kappa shape index (κ3) is 7.64. The van der Waals surface area contributed by atoms with Gasteiger partial charge in [-0.2, -0.15) is 0 Å². The van der Waals surface area contributed by atoms with Crippen molar-refractivity contribution in [2.75, 3.05) is 77.2 Å². The molecule has 0 aromatic heterocycles. The van der Waals surface area contributed by atoms with Crippen molar-refractivity contribution in [3.05, 3.63) is 53.6 Å². The number of rotatable bonds is 14. The highest BCUT2D eigenvalue weighted by Gasteiger charge is 2.38. The normalized spacial score (nSPS) is 25.0. The summed E-state index contributed by atoms with van der Waals surface area (Å²) in [4.78, 5) is 6.37. The molecule has 0 amide bonds. The van der Waals surface area contributed by atoms with Crippen molar-refractivity contribution in [3.8, 4) is 5.75 Å². The molecular weight excluding hydrogens is 522 g/mol. The number of piperazine rings is 3. The topological polar surface area (TPSA) is 15.7 Å². The minimum Gasteiger partial charge on any atom is -0.494 e.